The molecule has 1 aromatic rings. The van der Waals surface area contributed by atoms with Gasteiger partial charge in [0.05, 0.1) is 19.2 Å². The van der Waals surface area contributed by atoms with E-state index in [-0.39, 0.29) is 30.3 Å². The van der Waals surface area contributed by atoms with Crippen molar-refractivity contribution in [3.05, 3.63) is 30.1 Å². The van der Waals surface area contributed by atoms with Crippen LogP contribution in [0.3, 0.4) is 0 Å². The lowest BCUT2D eigenvalue weighted by molar-refractivity contribution is -0.124. The maximum atomic E-state index is 13.2. The number of carbonyl (C=O) groups is 2. The Morgan fingerprint density at radius 1 is 1.11 bits per heavy atom. The summed E-state index contributed by atoms with van der Waals surface area (Å²) in [6, 6.07) is 5.86. The van der Waals surface area contributed by atoms with Crippen LogP contribution in [0.15, 0.2) is 24.3 Å². The molecule has 2 fully saturated rings. The highest BCUT2D eigenvalue weighted by molar-refractivity contribution is 5.92. The molecule has 3 rings (SSSR count). The van der Waals surface area contributed by atoms with Gasteiger partial charge in [-0.1, -0.05) is 6.07 Å². The number of rotatable bonds is 7. The predicted octanol–water partition coefficient (Wildman–Crippen LogP) is 0.677. The number of anilines is 1. The highest BCUT2D eigenvalue weighted by atomic mass is 19.1. The van der Waals surface area contributed by atoms with Gasteiger partial charge >= 0.3 is 0 Å². The first-order valence-electron chi connectivity index (χ1n) is 9.47. The zero-order valence-corrected chi connectivity index (χ0v) is 15.5. The van der Waals surface area contributed by atoms with Gasteiger partial charge in [0.1, 0.15) is 5.82 Å². The molecule has 0 spiro atoms. The Morgan fingerprint density at radius 3 is 2.44 bits per heavy atom. The van der Waals surface area contributed by atoms with Crippen molar-refractivity contribution >= 4 is 17.5 Å². The van der Waals surface area contributed by atoms with Crippen LogP contribution in [0.1, 0.15) is 12.8 Å². The summed E-state index contributed by atoms with van der Waals surface area (Å²) in [5, 5.41) is 5.64. The van der Waals surface area contributed by atoms with Gasteiger partial charge in [0, 0.05) is 45.0 Å². The van der Waals surface area contributed by atoms with Crippen LogP contribution in [0.4, 0.5) is 10.1 Å². The molecule has 27 heavy (non-hydrogen) atoms. The molecule has 2 saturated heterocycles. The molecule has 0 saturated carbocycles. The monoisotopic (exact) mass is 378 g/mol. The lowest BCUT2D eigenvalue weighted by Gasteiger charge is -2.33. The average Bonchev–Trinajstić information content (AvgIpc) is 3.15. The van der Waals surface area contributed by atoms with Gasteiger partial charge in [-0.3, -0.25) is 19.4 Å². The third kappa shape index (κ3) is 6.57. The Kier molecular flexibility index (Phi) is 7.14. The first-order chi connectivity index (χ1) is 13.1. The summed E-state index contributed by atoms with van der Waals surface area (Å²) in [6.07, 6.45) is 2.23. The molecule has 2 aliphatic rings. The number of hydrogen-bond acceptors (Lipinski definition) is 5. The van der Waals surface area contributed by atoms with Crippen molar-refractivity contribution < 1.29 is 18.7 Å². The number of ether oxygens (including phenoxy) is 1. The second kappa shape index (κ2) is 9.77. The largest absolute Gasteiger partial charge is 0.376 e. The Hall–Kier alpha value is -2.03. The number of benzene rings is 1. The summed E-state index contributed by atoms with van der Waals surface area (Å²) in [7, 11) is 0. The van der Waals surface area contributed by atoms with Crippen LogP contribution in [0.2, 0.25) is 0 Å². The normalized spacial score (nSPS) is 21.1. The van der Waals surface area contributed by atoms with E-state index in [1.807, 2.05) is 4.90 Å². The third-order valence-electron chi connectivity index (χ3n) is 4.86. The second-order valence-electron chi connectivity index (χ2n) is 7.05. The van der Waals surface area contributed by atoms with Crippen molar-refractivity contribution in [2.75, 3.05) is 57.7 Å². The van der Waals surface area contributed by atoms with Crippen molar-refractivity contribution in [2.24, 2.45) is 0 Å². The fourth-order valence-electron chi connectivity index (χ4n) is 3.37. The lowest BCUT2D eigenvalue weighted by atomic mass is 10.2. The molecule has 1 aromatic carbocycles. The van der Waals surface area contributed by atoms with E-state index in [9.17, 15) is 14.0 Å². The van der Waals surface area contributed by atoms with Gasteiger partial charge in [-0.05, 0) is 31.0 Å². The fourth-order valence-corrected chi connectivity index (χ4v) is 3.37. The first-order valence-corrected chi connectivity index (χ1v) is 9.47. The van der Waals surface area contributed by atoms with Gasteiger partial charge in [0.2, 0.25) is 11.8 Å². The van der Waals surface area contributed by atoms with Crippen LogP contribution >= 0.6 is 0 Å². The van der Waals surface area contributed by atoms with Crippen LogP contribution in [0.25, 0.3) is 0 Å². The van der Waals surface area contributed by atoms with Gasteiger partial charge in [-0.2, -0.15) is 0 Å². The molecule has 7 nitrogen and oxygen atoms in total. The van der Waals surface area contributed by atoms with Crippen molar-refractivity contribution in [1.82, 2.24) is 15.1 Å². The van der Waals surface area contributed by atoms with Crippen LogP contribution in [-0.2, 0) is 14.3 Å². The molecule has 8 heteroatoms. The smallest absolute Gasteiger partial charge is 0.238 e. The van der Waals surface area contributed by atoms with E-state index >= 15 is 0 Å². The number of piperazine rings is 1. The highest BCUT2D eigenvalue weighted by Gasteiger charge is 2.21. The molecule has 2 amide bonds. The number of hydrogen-bond donors (Lipinski definition) is 2. The Morgan fingerprint density at radius 2 is 1.81 bits per heavy atom. The molecule has 0 radical (unpaired) electrons. The van der Waals surface area contributed by atoms with E-state index in [2.05, 4.69) is 15.5 Å². The standard InChI is InChI=1S/C19H27FN4O3/c20-15-3-1-4-16(11-15)22-19(26)14-24-8-6-23(7-9-24)13-18(25)21-12-17-5-2-10-27-17/h1,3-4,11,17H,2,5-10,12-14H2,(H,21,25)(H,22,26)/t17-/m1/s1. The minimum absolute atomic E-state index is 0.0165. The molecule has 0 aliphatic carbocycles. The first kappa shape index (κ1) is 19.7. The van der Waals surface area contributed by atoms with Crippen molar-refractivity contribution in [3.8, 4) is 0 Å². The van der Waals surface area contributed by atoms with E-state index in [1.54, 1.807) is 12.1 Å². The van der Waals surface area contributed by atoms with E-state index in [0.29, 0.717) is 18.8 Å². The highest BCUT2D eigenvalue weighted by Crippen LogP contribution is 2.11. The van der Waals surface area contributed by atoms with Crippen molar-refractivity contribution in [2.45, 2.75) is 18.9 Å². The van der Waals surface area contributed by atoms with Crippen LogP contribution < -0.4 is 10.6 Å². The third-order valence-corrected chi connectivity index (χ3v) is 4.86. The van der Waals surface area contributed by atoms with E-state index < -0.39 is 0 Å². The van der Waals surface area contributed by atoms with Gasteiger partial charge in [0.25, 0.3) is 0 Å². The molecular weight excluding hydrogens is 351 g/mol. The van der Waals surface area contributed by atoms with Gasteiger partial charge in [-0.25, -0.2) is 4.39 Å². The van der Waals surface area contributed by atoms with Crippen molar-refractivity contribution in [3.63, 3.8) is 0 Å². The van der Waals surface area contributed by atoms with E-state index in [1.165, 1.54) is 12.1 Å². The summed E-state index contributed by atoms with van der Waals surface area (Å²) in [6.45, 7) is 4.91. The van der Waals surface area contributed by atoms with Gasteiger partial charge in [-0.15, -0.1) is 0 Å². The average molecular weight is 378 g/mol. The summed E-state index contributed by atoms with van der Waals surface area (Å²) in [4.78, 5) is 28.3. The molecule has 2 aliphatic heterocycles. The van der Waals surface area contributed by atoms with E-state index in [0.717, 1.165) is 45.6 Å². The van der Waals surface area contributed by atoms with E-state index in [4.69, 9.17) is 4.74 Å². The molecule has 0 unspecified atom stereocenters. The summed E-state index contributed by atoms with van der Waals surface area (Å²) < 4.78 is 18.7. The number of amides is 2. The summed E-state index contributed by atoms with van der Waals surface area (Å²) in [5.74, 6) is -0.523. The van der Waals surface area contributed by atoms with Crippen LogP contribution in [0.5, 0.6) is 0 Å². The van der Waals surface area contributed by atoms with Crippen LogP contribution in [-0.4, -0.2) is 80.1 Å². The Labute approximate surface area is 158 Å². The zero-order valence-electron chi connectivity index (χ0n) is 15.5. The number of carbonyl (C=O) groups excluding carboxylic acids is 2. The molecule has 0 aromatic heterocycles. The molecular formula is C19H27FN4O3. The topological polar surface area (TPSA) is 73.9 Å². The van der Waals surface area contributed by atoms with Crippen molar-refractivity contribution in [1.29, 1.82) is 0 Å². The summed E-state index contributed by atoms with van der Waals surface area (Å²) in [5.41, 5.74) is 0.460. The number of nitrogens with zero attached hydrogens (tertiary/aromatic N) is 2. The molecule has 1 atom stereocenters. The molecule has 2 N–H and O–H groups in total. The predicted molar refractivity (Wildman–Crippen MR) is 99.9 cm³/mol. The summed E-state index contributed by atoms with van der Waals surface area (Å²) >= 11 is 0. The maximum absolute atomic E-state index is 13.2. The number of halogens is 1. The molecule has 148 valence electrons. The molecule has 2 heterocycles. The van der Waals surface area contributed by atoms with Gasteiger partial charge in [0.15, 0.2) is 0 Å². The van der Waals surface area contributed by atoms with Crippen LogP contribution in [0, 0.1) is 5.82 Å². The molecule has 0 bridgehead atoms. The lowest BCUT2D eigenvalue weighted by Crippen LogP contribution is -2.51. The SMILES string of the molecule is O=C(CN1CCN(CC(=O)Nc2cccc(F)c2)CC1)NC[C@H]1CCCO1. The Balaban J connectivity index is 1.32. The second-order valence-corrected chi connectivity index (χ2v) is 7.05. The van der Waals surface area contributed by atoms with Gasteiger partial charge < -0.3 is 15.4 Å². The minimum atomic E-state index is -0.376. The Bertz CT molecular complexity index is 644. The zero-order chi connectivity index (χ0) is 19.1. The minimum Gasteiger partial charge on any atom is -0.376 e. The maximum Gasteiger partial charge on any atom is 0.238 e. The fraction of sp³-hybridized carbons (Fsp3) is 0.579. The quantitative estimate of drug-likeness (QED) is 0.730. The number of nitrogens with one attached hydrogen (secondary N) is 2.